The maximum Gasteiger partial charge on any atom is 0.306 e. The van der Waals surface area contributed by atoms with Gasteiger partial charge in [0, 0.05) is 19.3 Å². The summed E-state index contributed by atoms with van der Waals surface area (Å²) in [5.74, 6) is -0.0205. The molecule has 320 valence electrons. The minimum absolute atomic E-state index is 0.0642. The fourth-order valence-electron chi connectivity index (χ4n) is 7.16. The van der Waals surface area contributed by atoms with Gasteiger partial charge < -0.3 is 14.2 Å². The van der Waals surface area contributed by atoms with Gasteiger partial charge >= 0.3 is 17.9 Å². The number of unbranched alkanes of at least 4 members (excludes halogenated alkanes) is 30. The molecule has 0 spiro atoms. The first-order chi connectivity index (χ1) is 26.4. The van der Waals surface area contributed by atoms with Crippen molar-refractivity contribution in [2.24, 2.45) is 5.92 Å². The van der Waals surface area contributed by atoms with Crippen molar-refractivity contribution in [2.75, 3.05) is 13.2 Å². The van der Waals surface area contributed by atoms with E-state index in [0.717, 1.165) is 70.1 Å². The van der Waals surface area contributed by atoms with Gasteiger partial charge in [-0.15, -0.1) is 0 Å². The topological polar surface area (TPSA) is 78.9 Å². The summed E-state index contributed by atoms with van der Waals surface area (Å²) in [6.07, 6.45) is 42.6. The molecule has 6 heteroatoms. The van der Waals surface area contributed by atoms with Crippen molar-refractivity contribution in [1.82, 2.24) is 0 Å². The number of rotatable bonds is 43. The van der Waals surface area contributed by atoms with E-state index in [9.17, 15) is 14.4 Å². The largest absolute Gasteiger partial charge is 0.462 e. The van der Waals surface area contributed by atoms with Gasteiger partial charge in [-0.05, 0) is 25.2 Å². The molecule has 0 aliphatic carbocycles. The van der Waals surface area contributed by atoms with Crippen LogP contribution < -0.4 is 0 Å². The highest BCUT2D eigenvalue weighted by atomic mass is 16.6. The molecule has 54 heavy (non-hydrogen) atoms. The molecule has 0 aromatic heterocycles. The average molecular weight is 765 g/mol. The van der Waals surface area contributed by atoms with Crippen molar-refractivity contribution in [3.8, 4) is 0 Å². The first-order valence-electron chi connectivity index (χ1n) is 23.9. The first-order valence-corrected chi connectivity index (χ1v) is 23.9. The van der Waals surface area contributed by atoms with E-state index >= 15 is 0 Å². The van der Waals surface area contributed by atoms with E-state index in [1.165, 1.54) is 154 Å². The molecular formula is C48H92O6. The molecule has 0 heterocycles. The highest BCUT2D eigenvalue weighted by Gasteiger charge is 2.19. The fourth-order valence-corrected chi connectivity index (χ4v) is 7.16. The molecule has 1 atom stereocenters. The van der Waals surface area contributed by atoms with Crippen LogP contribution in [0.3, 0.4) is 0 Å². The second kappa shape index (κ2) is 42.6. The Kier molecular flexibility index (Phi) is 41.3. The van der Waals surface area contributed by atoms with E-state index in [-0.39, 0.29) is 31.1 Å². The van der Waals surface area contributed by atoms with Gasteiger partial charge in [0.2, 0.25) is 0 Å². The lowest BCUT2D eigenvalue weighted by Gasteiger charge is -2.18. The van der Waals surface area contributed by atoms with Gasteiger partial charge in [0.05, 0.1) is 0 Å². The predicted octanol–water partition coefficient (Wildman–Crippen LogP) is 15.1. The number of carbonyl (C=O) groups is 3. The van der Waals surface area contributed by atoms with Gasteiger partial charge in [-0.1, -0.05) is 227 Å². The lowest BCUT2D eigenvalue weighted by molar-refractivity contribution is -0.167. The summed E-state index contributed by atoms with van der Waals surface area (Å²) in [6.45, 7) is 8.94. The van der Waals surface area contributed by atoms with Gasteiger partial charge in [0.15, 0.2) is 6.10 Å². The van der Waals surface area contributed by atoms with Crippen LogP contribution in [0.25, 0.3) is 0 Å². The molecule has 0 aromatic carbocycles. The maximum absolute atomic E-state index is 12.7. The fraction of sp³-hybridized carbons (Fsp3) is 0.938. The molecule has 0 aliphatic rings. The summed E-state index contributed by atoms with van der Waals surface area (Å²) < 4.78 is 16.6. The molecule has 0 bridgehead atoms. The Balaban J connectivity index is 4.15. The number of ether oxygens (including phenoxy) is 3. The van der Waals surface area contributed by atoms with E-state index in [1.807, 2.05) is 0 Å². The van der Waals surface area contributed by atoms with Gasteiger partial charge in [0.1, 0.15) is 13.2 Å². The zero-order valence-electron chi connectivity index (χ0n) is 36.7. The SMILES string of the molecule is CCCCCCCCCCCCCCCCC(=O)OC[C@@H](COC(=O)CCCCCCC)OC(=O)CCCCCCCCCCCCCCCCC(C)C. The third kappa shape index (κ3) is 41.6. The first kappa shape index (κ1) is 52.4. The molecule has 0 saturated heterocycles. The quantitative estimate of drug-likeness (QED) is 0.0349. The van der Waals surface area contributed by atoms with E-state index in [2.05, 4.69) is 27.7 Å². The molecule has 0 N–H and O–H groups in total. The second-order valence-corrected chi connectivity index (χ2v) is 16.9. The van der Waals surface area contributed by atoms with E-state index in [4.69, 9.17) is 14.2 Å². The Hall–Kier alpha value is -1.59. The number of carbonyl (C=O) groups excluding carboxylic acids is 3. The predicted molar refractivity (Wildman–Crippen MR) is 229 cm³/mol. The Morgan fingerprint density at radius 3 is 0.907 bits per heavy atom. The minimum atomic E-state index is -0.758. The van der Waals surface area contributed by atoms with Crippen LogP contribution in [0.2, 0.25) is 0 Å². The van der Waals surface area contributed by atoms with Crippen LogP contribution in [0.5, 0.6) is 0 Å². The van der Waals surface area contributed by atoms with Gasteiger partial charge in [-0.25, -0.2) is 0 Å². The zero-order chi connectivity index (χ0) is 39.6. The van der Waals surface area contributed by atoms with Crippen molar-refractivity contribution in [2.45, 2.75) is 271 Å². The van der Waals surface area contributed by atoms with E-state index < -0.39 is 6.10 Å². The highest BCUT2D eigenvalue weighted by Crippen LogP contribution is 2.17. The summed E-state index contributed by atoms with van der Waals surface area (Å²) in [6, 6.07) is 0. The molecule has 0 fully saturated rings. The Morgan fingerprint density at radius 1 is 0.352 bits per heavy atom. The van der Waals surface area contributed by atoms with Crippen LogP contribution in [0.15, 0.2) is 0 Å². The number of hydrogen-bond donors (Lipinski definition) is 0. The third-order valence-electron chi connectivity index (χ3n) is 10.8. The summed E-state index contributed by atoms with van der Waals surface area (Å²) in [5, 5.41) is 0. The van der Waals surface area contributed by atoms with Crippen LogP contribution >= 0.6 is 0 Å². The molecule has 0 radical (unpaired) electrons. The molecule has 0 rings (SSSR count). The minimum Gasteiger partial charge on any atom is -0.462 e. The lowest BCUT2D eigenvalue weighted by Crippen LogP contribution is -2.30. The standard InChI is InChI=1S/C48H92O6/c1-5-7-9-11-12-13-14-15-19-22-25-28-32-36-40-47(50)53-43-45(42-52-46(49)39-35-30-10-8-6-2)54-48(51)41-37-33-29-26-23-20-17-16-18-21-24-27-31-34-38-44(3)4/h44-45H,5-43H2,1-4H3/t45-/m1/s1. The van der Waals surface area contributed by atoms with Crippen LogP contribution in [0.1, 0.15) is 265 Å². The molecule has 0 unspecified atom stereocenters. The van der Waals surface area contributed by atoms with Gasteiger partial charge in [-0.3, -0.25) is 14.4 Å². The molecule has 0 saturated carbocycles. The number of esters is 3. The van der Waals surface area contributed by atoms with E-state index in [1.54, 1.807) is 0 Å². The smallest absolute Gasteiger partial charge is 0.306 e. The highest BCUT2D eigenvalue weighted by molar-refractivity contribution is 5.71. The van der Waals surface area contributed by atoms with E-state index in [0.29, 0.717) is 19.3 Å². The van der Waals surface area contributed by atoms with Crippen molar-refractivity contribution in [3.63, 3.8) is 0 Å². The summed E-state index contributed by atoms with van der Waals surface area (Å²) in [5.41, 5.74) is 0. The molecule has 0 aromatic rings. The Labute approximate surface area is 336 Å². The third-order valence-corrected chi connectivity index (χ3v) is 10.8. The molecule has 0 amide bonds. The van der Waals surface area contributed by atoms with Crippen molar-refractivity contribution >= 4 is 17.9 Å². The lowest BCUT2D eigenvalue weighted by atomic mass is 10.0. The van der Waals surface area contributed by atoms with Crippen LogP contribution in [-0.2, 0) is 28.6 Å². The second-order valence-electron chi connectivity index (χ2n) is 16.9. The summed E-state index contributed by atoms with van der Waals surface area (Å²) in [7, 11) is 0. The Bertz CT molecular complexity index is 811. The summed E-state index contributed by atoms with van der Waals surface area (Å²) >= 11 is 0. The normalized spacial score (nSPS) is 11.9. The maximum atomic E-state index is 12.7. The van der Waals surface area contributed by atoms with Crippen LogP contribution in [0.4, 0.5) is 0 Å². The summed E-state index contributed by atoms with van der Waals surface area (Å²) in [4.78, 5) is 37.5. The van der Waals surface area contributed by atoms with Crippen LogP contribution in [0, 0.1) is 5.92 Å². The van der Waals surface area contributed by atoms with Gasteiger partial charge in [0.25, 0.3) is 0 Å². The molecule has 6 nitrogen and oxygen atoms in total. The number of hydrogen-bond acceptors (Lipinski definition) is 6. The van der Waals surface area contributed by atoms with Crippen LogP contribution in [-0.4, -0.2) is 37.2 Å². The van der Waals surface area contributed by atoms with Crippen molar-refractivity contribution in [1.29, 1.82) is 0 Å². The van der Waals surface area contributed by atoms with Crippen molar-refractivity contribution in [3.05, 3.63) is 0 Å². The zero-order valence-corrected chi connectivity index (χ0v) is 36.7. The van der Waals surface area contributed by atoms with Gasteiger partial charge in [-0.2, -0.15) is 0 Å². The molecule has 0 aliphatic heterocycles. The molecular weight excluding hydrogens is 673 g/mol. The Morgan fingerprint density at radius 2 is 0.611 bits per heavy atom. The monoisotopic (exact) mass is 765 g/mol. The average Bonchev–Trinajstić information content (AvgIpc) is 3.15. The van der Waals surface area contributed by atoms with Crippen molar-refractivity contribution < 1.29 is 28.6 Å².